The lowest BCUT2D eigenvalue weighted by Crippen LogP contribution is -2.29. The van der Waals surface area contributed by atoms with Gasteiger partial charge in [0.1, 0.15) is 0 Å². The molecule has 0 aromatic heterocycles. The van der Waals surface area contributed by atoms with E-state index in [0.29, 0.717) is 5.02 Å². The van der Waals surface area contributed by atoms with Gasteiger partial charge in [0.15, 0.2) is 0 Å². The van der Waals surface area contributed by atoms with Crippen molar-refractivity contribution < 1.29 is 0 Å². The van der Waals surface area contributed by atoms with E-state index in [4.69, 9.17) is 17.4 Å². The summed E-state index contributed by atoms with van der Waals surface area (Å²) >= 11 is 9.71. The zero-order valence-electron chi connectivity index (χ0n) is 9.95. The molecule has 18 heavy (non-hydrogen) atoms. The van der Waals surface area contributed by atoms with Crippen LogP contribution >= 0.6 is 27.5 Å². The van der Waals surface area contributed by atoms with Gasteiger partial charge in [-0.05, 0) is 41.8 Å². The molecule has 3 N–H and O–H groups in total. The van der Waals surface area contributed by atoms with Crippen LogP contribution in [0.15, 0.2) is 46.9 Å². The molecule has 4 heteroatoms. The molecule has 1 atom stereocenters. The molecular formula is C14H14BrClN2. The quantitative estimate of drug-likeness (QED) is 0.662. The minimum Gasteiger partial charge on any atom is -0.271 e. The summed E-state index contributed by atoms with van der Waals surface area (Å²) in [7, 11) is 0. The molecule has 0 bridgehead atoms. The summed E-state index contributed by atoms with van der Waals surface area (Å²) in [4.78, 5) is 0. The van der Waals surface area contributed by atoms with Gasteiger partial charge in [0, 0.05) is 9.50 Å². The Morgan fingerprint density at radius 1 is 1.17 bits per heavy atom. The van der Waals surface area contributed by atoms with Gasteiger partial charge >= 0.3 is 0 Å². The lowest BCUT2D eigenvalue weighted by atomic mass is 9.95. The minimum atomic E-state index is -0.115. The third-order valence-electron chi connectivity index (χ3n) is 2.94. The summed E-state index contributed by atoms with van der Waals surface area (Å²) in [6.45, 7) is 2.06. The van der Waals surface area contributed by atoms with Crippen molar-refractivity contribution in [1.29, 1.82) is 0 Å². The minimum absolute atomic E-state index is 0.115. The number of hydrazine groups is 1. The van der Waals surface area contributed by atoms with Crippen molar-refractivity contribution in [2.24, 2.45) is 5.84 Å². The van der Waals surface area contributed by atoms with Gasteiger partial charge in [0.05, 0.1) is 6.04 Å². The molecule has 0 heterocycles. The average molecular weight is 326 g/mol. The molecule has 2 aromatic rings. The highest BCUT2D eigenvalue weighted by molar-refractivity contribution is 9.10. The fourth-order valence-corrected chi connectivity index (χ4v) is 2.60. The Labute approximate surface area is 120 Å². The topological polar surface area (TPSA) is 38.0 Å². The Kier molecular flexibility index (Phi) is 4.40. The summed E-state index contributed by atoms with van der Waals surface area (Å²) in [6, 6.07) is 13.8. The van der Waals surface area contributed by atoms with Gasteiger partial charge in [0.25, 0.3) is 0 Å². The summed E-state index contributed by atoms with van der Waals surface area (Å²) in [6.07, 6.45) is 0. The third kappa shape index (κ3) is 2.75. The second-order valence-corrected chi connectivity index (χ2v) is 5.44. The fraction of sp³-hybridized carbons (Fsp3) is 0.143. The molecule has 2 nitrogen and oxygen atoms in total. The first kappa shape index (κ1) is 13.6. The van der Waals surface area contributed by atoms with E-state index in [1.54, 1.807) is 0 Å². The zero-order valence-corrected chi connectivity index (χ0v) is 12.3. The first-order valence-electron chi connectivity index (χ1n) is 5.60. The Balaban J connectivity index is 2.52. The van der Waals surface area contributed by atoms with Crippen LogP contribution in [0.25, 0.3) is 0 Å². The molecule has 94 valence electrons. The van der Waals surface area contributed by atoms with Crippen molar-refractivity contribution in [2.45, 2.75) is 13.0 Å². The van der Waals surface area contributed by atoms with E-state index in [0.717, 1.165) is 15.6 Å². The van der Waals surface area contributed by atoms with Crippen LogP contribution in [0.4, 0.5) is 0 Å². The molecule has 0 saturated heterocycles. The second-order valence-electron chi connectivity index (χ2n) is 4.12. The molecule has 0 radical (unpaired) electrons. The predicted molar refractivity (Wildman–Crippen MR) is 79.5 cm³/mol. The number of nitrogens with two attached hydrogens (primary N) is 1. The molecule has 2 aromatic carbocycles. The highest BCUT2D eigenvalue weighted by Gasteiger charge is 2.17. The van der Waals surface area contributed by atoms with Crippen LogP contribution in [0.2, 0.25) is 5.02 Å². The number of hydrogen-bond acceptors (Lipinski definition) is 2. The number of nitrogens with one attached hydrogen (secondary N) is 1. The van der Waals surface area contributed by atoms with Crippen LogP contribution in [-0.4, -0.2) is 0 Å². The molecule has 0 amide bonds. The Hall–Kier alpha value is -0.870. The number of aryl methyl sites for hydroxylation is 1. The van der Waals surface area contributed by atoms with E-state index in [9.17, 15) is 0 Å². The van der Waals surface area contributed by atoms with E-state index >= 15 is 0 Å². The number of hydrogen-bond donors (Lipinski definition) is 2. The first-order chi connectivity index (χ1) is 8.63. The van der Waals surface area contributed by atoms with E-state index in [-0.39, 0.29) is 6.04 Å². The van der Waals surface area contributed by atoms with Crippen LogP contribution in [0.3, 0.4) is 0 Å². The molecule has 1 unspecified atom stereocenters. The summed E-state index contributed by atoms with van der Waals surface area (Å²) < 4.78 is 0.982. The van der Waals surface area contributed by atoms with Crippen molar-refractivity contribution in [3.63, 3.8) is 0 Å². The van der Waals surface area contributed by atoms with Crippen molar-refractivity contribution in [3.8, 4) is 0 Å². The van der Waals surface area contributed by atoms with Crippen LogP contribution in [0, 0.1) is 6.92 Å². The molecule has 0 fully saturated rings. The van der Waals surface area contributed by atoms with Crippen molar-refractivity contribution in [2.75, 3.05) is 0 Å². The van der Waals surface area contributed by atoms with Gasteiger partial charge in [-0.1, -0.05) is 51.8 Å². The maximum atomic E-state index is 6.26. The molecule has 0 aliphatic carbocycles. The maximum Gasteiger partial charge on any atom is 0.0727 e. The number of benzene rings is 2. The smallest absolute Gasteiger partial charge is 0.0727 e. The van der Waals surface area contributed by atoms with Crippen LogP contribution in [-0.2, 0) is 0 Å². The standard InChI is InChI=1S/C14H14BrClN2/c1-9-4-2-3-5-11(9)14(18-17)12-8-10(15)6-7-13(12)16/h2-8,14,18H,17H2,1H3. The third-order valence-corrected chi connectivity index (χ3v) is 3.77. The predicted octanol–water partition coefficient (Wildman–Crippen LogP) is 3.96. The van der Waals surface area contributed by atoms with Gasteiger partial charge < -0.3 is 0 Å². The molecule has 0 aliphatic heterocycles. The van der Waals surface area contributed by atoms with E-state index in [1.807, 2.05) is 30.3 Å². The largest absolute Gasteiger partial charge is 0.271 e. The number of rotatable bonds is 3. The average Bonchev–Trinajstić information content (AvgIpc) is 2.36. The van der Waals surface area contributed by atoms with Gasteiger partial charge in [-0.15, -0.1) is 0 Å². The van der Waals surface area contributed by atoms with E-state index < -0.39 is 0 Å². The Bertz CT molecular complexity index is 557. The van der Waals surface area contributed by atoms with Crippen LogP contribution < -0.4 is 11.3 Å². The van der Waals surface area contributed by atoms with Gasteiger partial charge in [0.2, 0.25) is 0 Å². The summed E-state index contributed by atoms with van der Waals surface area (Å²) in [5.41, 5.74) is 6.10. The monoisotopic (exact) mass is 324 g/mol. The molecule has 0 spiro atoms. The van der Waals surface area contributed by atoms with Crippen LogP contribution in [0.5, 0.6) is 0 Å². The SMILES string of the molecule is Cc1ccccc1C(NN)c1cc(Br)ccc1Cl. The number of halogens is 2. The van der Waals surface area contributed by atoms with Gasteiger partial charge in [-0.2, -0.15) is 0 Å². The first-order valence-corrected chi connectivity index (χ1v) is 6.77. The van der Waals surface area contributed by atoms with Gasteiger partial charge in [-0.25, -0.2) is 5.43 Å². The second kappa shape index (κ2) is 5.85. The molecule has 0 saturated carbocycles. The van der Waals surface area contributed by atoms with Crippen LogP contribution in [0.1, 0.15) is 22.7 Å². The lowest BCUT2D eigenvalue weighted by Gasteiger charge is -2.20. The van der Waals surface area contributed by atoms with E-state index in [1.165, 1.54) is 5.56 Å². The maximum absolute atomic E-state index is 6.26. The lowest BCUT2D eigenvalue weighted by molar-refractivity contribution is 0.633. The summed E-state index contributed by atoms with van der Waals surface area (Å²) in [5.74, 6) is 5.70. The normalized spacial score (nSPS) is 12.4. The van der Waals surface area contributed by atoms with E-state index in [2.05, 4.69) is 40.4 Å². The molecule has 2 rings (SSSR count). The van der Waals surface area contributed by atoms with Crippen molar-refractivity contribution >= 4 is 27.5 Å². The Morgan fingerprint density at radius 3 is 2.56 bits per heavy atom. The molecule has 0 aliphatic rings. The highest BCUT2D eigenvalue weighted by Crippen LogP contribution is 2.31. The Morgan fingerprint density at radius 2 is 1.89 bits per heavy atom. The fourth-order valence-electron chi connectivity index (χ4n) is 1.99. The van der Waals surface area contributed by atoms with Gasteiger partial charge in [-0.3, -0.25) is 5.84 Å². The zero-order chi connectivity index (χ0) is 13.1. The van der Waals surface area contributed by atoms with Crippen molar-refractivity contribution in [1.82, 2.24) is 5.43 Å². The molecular weight excluding hydrogens is 312 g/mol. The summed E-state index contributed by atoms with van der Waals surface area (Å²) in [5, 5.41) is 0.699. The highest BCUT2D eigenvalue weighted by atomic mass is 79.9. The van der Waals surface area contributed by atoms with Crippen molar-refractivity contribution in [3.05, 3.63) is 68.7 Å².